The fraction of sp³-hybridized carbons (Fsp3) is 0.765. The highest BCUT2D eigenvalue weighted by Crippen LogP contribution is 2.21. The van der Waals surface area contributed by atoms with Gasteiger partial charge in [-0.15, -0.1) is 0 Å². The predicted molar refractivity (Wildman–Crippen MR) is 93.2 cm³/mol. The first-order valence-electron chi connectivity index (χ1n) is 8.69. The number of carbonyl (C=O) groups is 4. The molecule has 0 unspecified atom stereocenters. The van der Waals surface area contributed by atoms with Crippen LogP contribution in [0.2, 0.25) is 0 Å². The lowest BCUT2D eigenvalue weighted by molar-refractivity contribution is -0.153. The summed E-state index contributed by atoms with van der Waals surface area (Å²) < 4.78 is 10.3. The van der Waals surface area contributed by atoms with Gasteiger partial charge >= 0.3 is 12.1 Å². The zero-order valence-corrected chi connectivity index (χ0v) is 16.1. The number of amides is 3. The van der Waals surface area contributed by atoms with Crippen molar-refractivity contribution >= 4 is 23.9 Å². The molecule has 1 heterocycles. The van der Waals surface area contributed by atoms with E-state index in [0.717, 1.165) is 0 Å². The molecule has 0 saturated carbocycles. The van der Waals surface area contributed by atoms with Crippen molar-refractivity contribution in [3.63, 3.8) is 0 Å². The number of rotatable bonds is 6. The van der Waals surface area contributed by atoms with Gasteiger partial charge in [0.1, 0.15) is 11.6 Å². The van der Waals surface area contributed by atoms with E-state index in [-0.39, 0.29) is 18.4 Å². The highest BCUT2D eigenvalue weighted by Gasteiger charge is 2.37. The highest BCUT2D eigenvalue weighted by atomic mass is 16.6. The molecule has 0 radical (unpaired) electrons. The molecule has 1 aliphatic rings. The minimum absolute atomic E-state index is 0.130. The second kappa shape index (κ2) is 9.40. The largest absolute Gasteiger partial charge is 0.454 e. The molecule has 2 N–H and O–H groups in total. The summed E-state index contributed by atoms with van der Waals surface area (Å²) in [4.78, 5) is 48.8. The molecule has 26 heavy (non-hydrogen) atoms. The molecule has 9 heteroatoms. The van der Waals surface area contributed by atoms with Gasteiger partial charge in [-0.1, -0.05) is 0 Å². The van der Waals surface area contributed by atoms with Crippen LogP contribution in [0, 0.1) is 0 Å². The summed E-state index contributed by atoms with van der Waals surface area (Å²) >= 11 is 0. The molecule has 0 aromatic carbocycles. The lowest BCUT2D eigenvalue weighted by atomic mass is 10.2. The van der Waals surface area contributed by atoms with Crippen molar-refractivity contribution in [3.05, 3.63) is 0 Å². The summed E-state index contributed by atoms with van der Waals surface area (Å²) in [6, 6.07) is -1.13. The Morgan fingerprint density at radius 2 is 1.85 bits per heavy atom. The number of hydrogen-bond acceptors (Lipinski definition) is 6. The number of ether oxygens (including phenoxy) is 2. The first-order chi connectivity index (χ1) is 12.0. The van der Waals surface area contributed by atoms with Crippen molar-refractivity contribution < 1.29 is 28.7 Å². The van der Waals surface area contributed by atoms with E-state index >= 15 is 0 Å². The SMILES string of the molecule is CNC(=O)C[C@H](C)NC(=O)COC(=O)[C@@H]1CCCN1C(=O)OC(C)(C)C. The quantitative estimate of drug-likeness (QED) is 0.660. The van der Waals surface area contributed by atoms with Crippen LogP contribution < -0.4 is 10.6 Å². The molecule has 1 aliphatic heterocycles. The van der Waals surface area contributed by atoms with E-state index in [1.165, 1.54) is 11.9 Å². The van der Waals surface area contributed by atoms with Crippen LogP contribution in [0.15, 0.2) is 0 Å². The molecule has 9 nitrogen and oxygen atoms in total. The fourth-order valence-electron chi connectivity index (χ4n) is 2.53. The molecule has 0 spiro atoms. The monoisotopic (exact) mass is 371 g/mol. The van der Waals surface area contributed by atoms with Gasteiger partial charge in [-0.3, -0.25) is 14.5 Å². The van der Waals surface area contributed by atoms with E-state index in [9.17, 15) is 19.2 Å². The topological polar surface area (TPSA) is 114 Å². The first kappa shape index (κ1) is 21.7. The molecule has 1 fully saturated rings. The number of nitrogens with one attached hydrogen (secondary N) is 2. The summed E-state index contributed by atoms with van der Waals surface area (Å²) in [6.07, 6.45) is 0.687. The van der Waals surface area contributed by atoms with Gasteiger partial charge in [-0.2, -0.15) is 0 Å². The highest BCUT2D eigenvalue weighted by molar-refractivity contribution is 5.85. The average Bonchev–Trinajstić information content (AvgIpc) is 3.00. The Balaban J connectivity index is 2.47. The number of hydrogen-bond donors (Lipinski definition) is 2. The zero-order chi connectivity index (χ0) is 19.9. The smallest absolute Gasteiger partial charge is 0.411 e. The van der Waals surface area contributed by atoms with Gasteiger partial charge in [0.05, 0.1) is 0 Å². The van der Waals surface area contributed by atoms with Crippen LogP contribution >= 0.6 is 0 Å². The van der Waals surface area contributed by atoms with Crippen molar-refractivity contribution in [1.82, 2.24) is 15.5 Å². The van der Waals surface area contributed by atoms with Gasteiger partial charge in [-0.25, -0.2) is 9.59 Å². The van der Waals surface area contributed by atoms with Crippen molar-refractivity contribution in [2.75, 3.05) is 20.2 Å². The number of esters is 1. The van der Waals surface area contributed by atoms with Crippen LogP contribution in [0.25, 0.3) is 0 Å². The Morgan fingerprint density at radius 1 is 1.19 bits per heavy atom. The molecule has 1 saturated heterocycles. The van der Waals surface area contributed by atoms with Crippen molar-refractivity contribution in [1.29, 1.82) is 0 Å². The Morgan fingerprint density at radius 3 is 2.42 bits per heavy atom. The molecule has 0 bridgehead atoms. The van der Waals surface area contributed by atoms with Crippen LogP contribution in [0.4, 0.5) is 4.79 Å². The summed E-state index contributed by atoms with van der Waals surface area (Å²) in [6.45, 7) is 6.87. The maximum absolute atomic E-state index is 12.2. The molecule has 0 aliphatic carbocycles. The van der Waals surface area contributed by atoms with E-state index in [4.69, 9.17) is 9.47 Å². The van der Waals surface area contributed by atoms with E-state index < -0.39 is 36.2 Å². The molecule has 0 aromatic heterocycles. The molecule has 2 atom stereocenters. The first-order valence-corrected chi connectivity index (χ1v) is 8.69. The summed E-state index contributed by atoms with van der Waals surface area (Å²) in [7, 11) is 1.51. The Hall–Kier alpha value is -2.32. The third-order valence-electron chi connectivity index (χ3n) is 3.68. The van der Waals surface area contributed by atoms with Crippen LogP contribution in [-0.2, 0) is 23.9 Å². The van der Waals surface area contributed by atoms with Crippen LogP contribution in [0.3, 0.4) is 0 Å². The lowest BCUT2D eigenvalue weighted by Gasteiger charge is -2.27. The second-order valence-corrected chi connectivity index (χ2v) is 7.29. The van der Waals surface area contributed by atoms with Crippen molar-refractivity contribution in [2.45, 2.75) is 64.6 Å². The number of nitrogens with zero attached hydrogens (tertiary/aromatic N) is 1. The van der Waals surface area contributed by atoms with E-state index in [1.807, 2.05) is 0 Å². The van der Waals surface area contributed by atoms with Gasteiger partial charge in [0.15, 0.2) is 6.61 Å². The van der Waals surface area contributed by atoms with Gasteiger partial charge in [0.25, 0.3) is 5.91 Å². The Labute approximate surface area is 153 Å². The standard InChI is InChI=1S/C17H29N3O6/c1-11(9-13(21)18-5)19-14(22)10-25-15(23)12-7-6-8-20(12)16(24)26-17(2,3)4/h11-12H,6-10H2,1-5H3,(H,18,21)(H,19,22)/t11-,12-/m0/s1. The Kier molecular flexibility index (Phi) is 7.85. The maximum atomic E-state index is 12.2. The third kappa shape index (κ3) is 7.28. The molecule has 148 valence electrons. The van der Waals surface area contributed by atoms with Gasteiger partial charge in [0, 0.05) is 26.1 Å². The molecule has 1 rings (SSSR count). The average molecular weight is 371 g/mol. The van der Waals surface area contributed by atoms with Gasteiger partial charge in [-0.05, 0) is 40.5 Å². The normalized spacial score (nSPS) is 18.0. The second-order valence-electron chi connectivity index (χ2n) is 7.29. The predicted octanol–water partition coefficient (Wildman–Crippen LogP) is 0.570. The fourth-order valence-corrected chi connectivity index (χ4v) is 2.53. The van der Waals surface area contributed by atoms with Crippen molar-refractivity contribution in [3.8, 4) is 0 Å². The molecule has 0 aromatic rings. The molecular weight excluding hydrogens is 342 g/mol. The summed E-state index contributed by atoms with van der Waals surface area (Å²) in [5, 5.41) is 5.04. The molecule has 3 amide bonds. The van der Waals surface area contributed by atoms with E-state index in [2.05, 4.69) is 10.6 Å². The zero-order valence-electron chi connectivity index (χ0n) is 16.1. The molecular formula is C17H29N3O6. The van der Waals surface area contributed by atoms with E-state index in [0.29, 0.717) is 19.4 Å². The van der Waals surface area contributed by atoms with E-state index in [1.54, 1.807) is 27.7 Å². The summed E-state index contributed by atoms with van der Waals surface area (Å²) in [5.41, 5.74) is -0.658. The minimum Gasteiger partial charge on any atom is -0.454 e. The number of likely N-dealkylation sites (tertiary alicyclic amines) is 1. The lowest BCUT2D eigenvalue weighted by Crippen LogP contribution is -2.45. The summed E-state index contributed by atoms with van der Waals surface area (Å²) in [5.74, 6) is -1.34. The maximum Gasteiger partial charge on any atom is 0.411 e. The van der Waals surface area contributed by atoms with Crippen LogP contribution in [-0.4, -0.2) is 66.7 Å². The number of carbonyl (C=O) groups excluding carboxylic acids is 4. The Bertz CT molecular complexity index is 543. The van der Waals surface area contributed by atoms with Gasteiger partial charge in [0.2, 0.25) is 5.91 Å². The third-order valence-corrected chi connectivity index (χ3v) is 3.68. The van der Waals surface area contributed by atoms with Gasteiger partial charge < -0.3 is 20.1 Å². The van der Waals surface area contributed by atoms with Crippen molar-refractivity contribution in [2.24, 2.45) is 0 Å². The minimum atomic E-state index is -0.749. The van der Waals surface area contributed by atoms with Crippen LogP contribution in [0.1, 0.15) is 47.0 Å². The van der Waals surface area contributed by atoms with Crippen LogP contribution in [0.5, 0.6) is 0 Å².